The number of aliphatic hydroxyl groups excluding tert-OH is 1. The zero-order chi connectivity index (χ0) is 18.2. The van der Waals surface area contributed by atoms with Gasteiger partial charge in [-0.15, -0.1) is 0 Å². The molecule has 0 fully saturated rings. The summed E-state index contributed by atoms with van der Waals surface area (Å²) in [5.74, 6) is 0.541. The molecule has 1 atom stereocenters. The Labute approximate surface area is 149 Å². The van der Waals surface area contributed by atoms with Gasteiger partial charge in [0.1, 0.15) is 18.5 Å². The number of carbonyl (C=O) groups is 1. The van der Waals surface area contributed by atoms with Crippen LogP contribution in [0.4, 0.5) is 5.69 Å². The maximum atomic E-state index is 11.9. The first-order chi connectivity index (χ1) is 12.0. The lowest BCUT2D eigenvalue weighted by Crippen LogP contribution is -2.38. The van der Waals surface area contributed by atoms with E-state index in [-0.39, 0.29) is 25.6 Å². The van der Waals surface area contributed by atoms with Crippen LogP contribution in [0.5, 0.6) is 5.75 Å². The Morgan fingerprint density at radius 2 is 1.80 bits per heavy atom. The van der Waals surface area contributed by atoms with Gasteiger partial charge in [0.15, 0.2) is 0 Å². The molecule has 134 valence electrons. The summed E-state index contributed by atoms with van der Waals surface area (Å²) in [5, 5.41) is 15.8. The maximum absolute atomic E-state index is 11.9. The van der Waals surface area contributed by atoms with Crippen LogP contribution in [0.2, 0.25) is 0 Å². The van der Waals surface area contributed by atoms with Crippen molar-refractivity contribution in [3.63, 3.8) is 0 Å². The van der Waals surface area contributed by atoms with Crippen molar-refractivity contribution < 1.29 is 14.6 Å². The van der Waals surface area contributed by atoms with Crippen molar-refractivity contribution in [3.8, 4) is 5.75 Å². The Bertz CT molecular complexity index is 696. The quantitative estimate of drug-likeness (QED) is 0.690. The lowest BCUT2D eigenvalue weighted by Gasteiger charge is -2.15. The largest absolute Gasteiger partial charge is 0.491 e. The fourth-order valence-corrected chi connectivity index (χ4v) is 2.51. The van der Waals surface area contributed by atoms with Crippen LogP contribution in [0.25, 0.3) is 0 Å². The molecule has 2 aromatic rings. The minimum atomic E-state index is -0.760. The average Bonchev–Trinajstić information content (AvgIpc) is 2.58. The van der Waals surface area contributed by atoms with Gasteiger partial charge >= 0.3 is 0 Å². The zero-order valence-electron chi connectivity index (χ0n) is 15.0. The number of benzene rings is 2. The molecule has 2 aromatic carbocycles. The SMILES string of the molecule is Cc1cccc(OCC(O)CNC(=O)CNc2c(C)cccc2C)c1. The molecule has 0 aromatic heterocycles. The summed E-state index contributed by atoms with van der Waals surface area (Å²) < 4.78 is 5.52. The molecule has 1 unspecified atom stereocenters. The second-order valence-electron chi connectivity index (χ2n) is 6.21. The van der Waals surface area contributed by atoms with Gasteiger partial charge in [0.25, 0.3) is 0 Å². The molecule has 25 heavy (non-hydrogen) atoms. The minimum Gasteiger partial charge on any atom is -0.491 e. The molecule has 0 bridgehead atoms. The summed E-state index contributed by atoms with van der Waals surface area (Å²) in [5.41, 5.74) is 4.26. The van der Waals surface area contributed by atoms with E-state index in [0.717, 1.165) is 22.4 Å². The monoisotopic (exact) mass is 342 g/mol. The van der Waals surface area contributed by atoms with Crippen LogP contribution in [-0.4, -0.2) is 36.8 Å². The normalized spacial score (nSPS) is 11.7. The average molecular weight is 342 g/mol. The Kier molecular flexibility index (Phi) is 6.83. The van der Waals surface area contributed by atoms with E-state index in [1.54, 1.807) is 0 Å². The number of aryl methyl sites for hydroxylation is 3. The fraction of sp³-hybridized carbons (Fsp3) is 0.350. The van der Waals surface area contributed by atoms with E-state index in [1.165, 1.54) is 0 Å². The van der Waals surface area contributed by atoms with Crippen LogP contribution in [0.3, 0.4) is 0 Å². The Morgan fingerprint density at radius 1 is 1.12 bits per heavy atom. The molecule has 5 heteroatoms. The van der Waals surface area contributed by atoms with Gasteiger partial charge in [-0.05, 0) is 49.6 Å². The number of anilines is 1. The van der Waals surface area contributed by atoms with Gasteiger partial charge in [0.2, 0.25) is 5.91 Å². The topological polar surface area (TPSA) is 70.6 Å². The summed E-state index contributed by atoms with van der Waals surface area (Å²) >= 11 is 0. The van der Waals surface area contributed by atoms with E-state index in [1.807, 2.05) is 63.2 Å². The molecule has 0 heterocycles. The lowest BCUT2D eigenvalue weighted by atomic mass is 10.1. The van der Waals surface area contributed by atoms with Gasteiger partial charge in [-0.2, -0.15) is 0 Å². The third-order valence-corrected chi connectivity index (χ3v) is 3.87. The molecule has 0 aliphatic heterocycles. The Morgan fingerprint density at radius 3 is 2.48 bits per heavy atom. The molecule has 0 saturated heterocycles. The van der Waals surface area contributed by atoms with Crippen LogP contribution >= 0.6 is 0 Å². The third kappa shape index (κ3) is 6.12. The van der Waals surface area contributed by atoms with Crippen LogP contribution in [-0.2, 0) is 4.79 Å². The van der Waals surface area contributed by atoms with Crippen molar-refractivity contribution in [2.24, 2.45) is 0 Å². The van der Waals surface area contributed by atoms with Gasteiger partial charge in [0, 0.05) is 12.2 Å². The van der Waals surface area contributed by atoms with Gasteiger partial charge in [-0.25, -0.2) is 0 Å². The number of aliphatic hydroxyl groups is 1. The highest BCUT2D eigenvalue weighted by molar-refractivity contribution is 5.81. The van der Waals surface area contributed by atoms with E-state index in [4.69, 9.17) is 4.74 Å². The van der Waals surface area contributed by atoms with Crippen molar-refractivity contribution in [2.75, 3.05) is 25.0 Å². The van der Waals surface area contributed by atoms with Crippen molar-refractivity contribution in [1.82, 2.24) is 5.32 Å². The minimum absolute atomic E-state index is 0.133. The van der Waals surface area contributed by atoms with E-state index in [0.29, 0.717) is 5.75 Å². The van der Waals surface area contributed by atoms with Crippen LogP contribution < -0.4 is 15.4 Å². The van der Waals surface area contributed by atoms with Gasteiger partial charge in [0.05, 0.1) is 6.54 Å². The molecular weight excluding hydrogens is 316 g/mol. The van der Waals surface area contributed by atoms with E-state index >= 15 is 0 Å². The van der Waals surface area contributed by atoms with Crippen LogP contribution in [0.15, 0.2) is 42.5 Å². The zero-order valence-corrected chi connectivity index (χ0v) is 15.0. The predicted molar refractivity (Wildman–Crippen MR) is 100 cm³/mol. The number of amides is 1. The molecule has 0 radical (unpaired) electrons. The number of hydrogen-bond donors (Lipinski definition) is 3. The second kappa shape index (κ2) is 9.08. The van der Waals surface area contributed by atoms with Crippen LogP contribution in [0, 0.1) is 20.8 Å². The first-order valence-corrected chi connectivity index (χ1v) is 8.40. The number of rotatable bonds is 8. The lowest BCUT2D eigenvalue weighted by molar-refractivity contribution is -0.119. The van der Waals surface area contributed by atoms with Crippen molar-refractivity contribution in [2.45, 2.75) is 26.9 Å². The summed E-state index contributed by atoms with van der Waals surface area (Å²) in [6.07, 6.45) is -0.760. The van der Waals surface area contributed by atoms with E-state index in [2.05, 4.69) is 10.6 Å². The third-order valence-electron chi connectivity index (χ3n) is 3.87. The second-order valence-corrected chi connectivity index (χ2v) is 6.21. The molecule has 0 saturated carbocycles. The molecule has 5 nitrogen and oxygen atoms in total. The maximum Gasteiger partial charge on any atom is 0.239 e. The van der Waals surface area contributed by atoms with E-state index in [9.17, 15) is 9.90 Å². The molecule has 0 aliphatic rings. The highest BCUT2D eigenvalue weighted by Gasteiger charge is 2.09. The van der Waals surface area contributed by atoms with Crippen LogP contribution in [0.1, 0.15) is 16.7 Å². The van der Waals surface area contributed by atoms with E-state index < -0.39 is 6.10 Å². The number of para-hydroxylation sites is 1. The smallest absolute Gasteiger partial charge is 0.239 e. The van der Waals surface area contributed by atoms with Crippen molar-refractivity contribution in [3.05, 3.63) is 59.2 Å². The van der Waals surface area contributed by atoms with Crippen molar-refractivity contribution >= 4 is 11.6 Å². The predicted octanol–water partition coefficient (Wildman–Crippen LogP) is 2.58. The summed E-state index contributed by atoms with van der Waals surface area (Å²) in [4.78, 5) is 11.9. The number of hydrogen-bond acceptors (Lipinski definition) is 4. The van der Waals surface area contributed by atoms with Gasteiger partial charge in [-0.1, -0.05) is 30.3 Å². The fourth-order valence-electron chi connectivity index (χ4n) is 2.51. The number of nitrogens with one attached hydrogen (secondary N) is 2. The molecule has 2 rings (SSSR count). The molecule has 1 amide bonds. The Balaban J connectivity index is 1.70. The van der Waals surface area contributed by atoms with Gasteiger partial charge < -0.3 is 20.5 Å². The van der Waals surface area contributed by atoms with Crippen molar-refractivity contribution in [1.29, 1.82) is 0 Å². The highest BCUT2D eigenvalue weighted by atomic mass is 16.5. The standard InChI is InChI=1S/C20H26N2O3/c1-14-6-4-9-18(10-14)25-13-17(23)11-21-19(24)12-22-20-15(2)7-5-8-16(20)3/h4-10,17,22-23H,11-13H2,1-3H3,(H,21,24). The molecule has 3 N–H and O–H groups in total. The summed E-state index contributed by atoms with van der Waals surface area (Å²) in [6, 6.07) is 13.6. The highest BCUT2D eigenvalue weighted by Crippen LogP contribution is 2.18. The summed E-state index contributed by atoms with van der Waals surface area (Å²) in [6.45, 7) is 6.43. The van der Waals surface area contributed by atoms with Gasteiger partial charge in [-0.3, -0.25) is 4.79 Å². The number of ether oxygens (including phenoxy) is 1. The molecule has 0 aliphatic carbocycles. The molecule has 0 spiro atoms. The number of carbonyl (C=O) groups excluding carboxylic acids is 1. The molecular formula is C20H26N2O3. The summed E-state index contributed by atoms with van der Waals surface area (Å²) in [7, 11) is 0. The first kappa shape index (κ1) is 18.8. The Hall–Kier alpha value is -2.53. The first-order valence-electron chi connectivity index (χ1n) is 8.40.